The molecule has 16 heavy (non-hydrogen) atoms. The monoisotopic (exact) mass is 264 g/mol. The van der Waals surface area contributed by atoms with Crippen molar-refractivity contribution in [3.63, 3.8) is 0 Å². The molecule has 2 fully saturated rings. The van der Waals surface area contributed by atoms with Gasteiger partial charge in [0.05, 0.1) is 0 Å². The van der Waals surface area contributed by atoms with Gasteiger partial charge in [0, 0.05) is 12.0 Å². The Balaban J connectivity index is 2.13. The summed E-state index contributed by atoms with van der Waals surface area (Å²) in [7, 11) is 0. The number of carbonyl (C=O) groups excluding carboxylic acids is 2. The van der Waals surface area contributed by atoms with Gasteiger partial charge in [-0.25, -0.2) is 4.79 Å². The van der Waals surface area contributed by atoms with Gasteiger partial charge in [0.1, 0.15) is 9.87 Å². The number of carbonyl (C=O) groups is 2. The summed E-state index contributed by atoms with van der Waals surface area (Å²) in [5.74, 6) is -0.227. The average Bonchev–Trinajstić information content (AvgIpc) is 2.52. The molecule has 0 bridgehead atoms. The fourth-order valence-electron chi connectivity index (χ4n) is 1.93. The fourth-order valence-corrected chi connectivity index (χ4v) is 2.64. The highest BCUT2D eigenvalue weighted by Crippen LogP contribution is 2.64. The minimum Gasteiger partial charge on any atom is -0.324 e. The lowest BCUT2D eigenvalue weighted by atomic mass is 10.1. The van der Waals surface area contributed by atoms with E-state index in [-0.39, 0.29) is 23.9 Å². The van der Waals surface area contributed by atoms with Gasteiger partial charge in [-0.2, -0.15) is 0 Å². The molecular formula is C10H14Cl2N2O2. The summed E-state index contributed by atoms with van der Waals surface area (Å²) in [6.45, 7) is 5.50. The highest BCUT2D eigenvalue weighted by Gasteiger charge is 2.65. The van der Waals surface area contributed by atoms with Crippen LogP contribution >= 0.6 is 23.2 Å². The Hall–Kier alpha value is -0.480. The maximum absolute atomic E-state index is 11.9. The van der Waals surface area contributed by atoms with Crippen molar-refractivity contribution >= 4 is 35.1 Å². The molecular weight excluding hydrogens is 251 g/mol. The zero-order valence-corrected chi connectivity index (χ0v) is 10.9. The van der Waals surface area contributed by atoms with Crippen molar-refractivity contribution in [2.75, 3.05) is 6.54 Å². The summed E-state index contributed by atoms with van der Waals surface area (Å²) in [5.41, 5.74) is -1.22. The number of alkyl halides is 2. The quantitative estimate of drug-likeness (QED) is 0.612. The fraction of sp³-hybridized carbons (Fsp3) is 0.800. The van der Waals surface area contributed by atoms with Gasteiger partial charge < -0.3 is 5.32 Å². The Morgan fingerprint density at radius 3 is 2.12 bits per heavy atom. The van der Waals surface area contributed by atoms with E-state index in [1.165, 1.54) is 4.90 Å². The lowest BCUT2D eigenvalue weighted by Gasteiger charge is -2.20. The second-order valence-corrected chi connectivity index (χ2v) is 6.87. The predicted octanol–water partition coefficient (Wildman–Crippen LogP) is 1.90. The zero-order valence-electron chi connectivity index (χ0n) is 9.43. The molecule has 1 aliphatic heterocycles. The third kappa shape index (κ3) is 1.59. The number of amides is 3. The van der Waals surface area contributed by atoms with Crippen molar-refractivity contribution in [2.45, 2.75) is 37.1 Å². The lowest BCUT2D eigenvalue weighted by Crippen LogP contribution is -2.41. The first kappa shape index (κ1) is 12.0. The summed E-state index contributed by atoms with van der Waals surface area (Å²) in [4.78, 5) is 24.7. The standard InChI is InChI=1S/C10H14Cl2N2O2/c1-8(2)6(15)14(7(16)13-8)5-9(3)4-10(9,11)12/h4-5H2,1-3H3,(H,13,16). The van der Waals surface area contributed by atoms with Crippen LogP contribution in [0.1, 0.15) is 27.2 Å². The Bertz CT molecular complexity index is 381. The first-order valence-electron chi connectivity index (χ1n) is 5.11. The molecule has 1 N–H and O–H groups in total. The van der Waals surface area contributed by atoms with E-state index in [9.17, 15) is 9.59 Å². The number of halogens is 2. The minimum absolute atomic E-state index is 0.227. The second kappa shape index (κ2) is 3.05. The van der Waals surface area contributed by atoms with Crippen molar-refractivity contribution in [1.82, 2.24) is 10.2 Å². The topological polar surface area (TPSA) is 49.4 Å². The zero-order chi connectivity index (χ0) is 12.4. The molecule has 0 aromatic carbocycles. The lowest BCUT2D eigenvalue weighted by molar-refractivity contribution is -0.130. The van der Waals surface area contributed by atoms with E-state index in [4.69, 9.17) is 23.2 Å². The van der Waals surface area contributed by atoms with Gasteiger partial charge in [0.15, 0.2) is 0 Å². The molecule has 1 saturated carbocycles. The predicted molar refractivity (Wildman–Crippen MR) is 61.5 cm³/mol. The summed E-state index contributed by atoms with van der Waals surface area (Å²) < 4.78 is -0.819. The summed E-state index contributed by atoms with van der Waals surface area (Å²) in [6.07, 6.45) is 0.598. The van der Waals surface area contributed by atoms with Crippen molar-refractivity contribution in [1.29, 1.82) is 0 Å². The van der Waals surface area contributed by atoms with Gasteiger partial charge in [-0.15, -0.1) is 23.2 Å². The van der Waals surface area contributed by atoms with E-state index in [0.29, 0.717) is 6.42 Å². The van der Waals surface area contributed by atoms with Gasteiger partial charge in [0.2, 0.25) is 0 Å². The van der Waals surface area contributed by atoms with Crippen LogP contribution in [0.2, 0.25) is 0 Å². The number of hydrogen-bond donors (Lipinski definition) is 1. The summed E-state index contributed by atoms with van der Waals surface area (Å²) in [5, 5.41) is 2.62. The minimum atomic E-state index is -0.830. The highest BCUT2D eigenvalue weighted by atomic mass is 35.5. The maximum atomic E-state index is 11.9. The molecule has 1 unspecified atom stereocenters. The van der Waals surface area contributed by atoms with E-state index < -0.39 is 9.87 Å². The number of rotatable bonds is 2. The van der Waals surface area contributed by atoms with E-state index in [1.807, 2.05) is 6.92 Å². The van der Waals surface area contributed by atoms with Gasteiger partial charge in [-0.3, -0.25) is 9.69 Å². The van der Waals surface area contributed by atoms with E-state index >= 15 is 0 Å². The smallest absolute Gasteiger partial charge is 0.324 e. The van der Waals surface area contributed by atoms with Gasteiger partial charge in [-0.05, 0) is 20.3 Å². The number of hydrogen-bond acceptors (Lipinski definition) is 2. The largest absolute Gasteiger partial charge is 0.325 e. The molecule has 6 heteroatoms. The van der Waals surface area contributed by atoms with Crippen molar-refractivity contribution in [2.24, 2.45) is 5.41 Å². The van der Waals surface area contributed by atoms with Crippen molar-refractivity contribution in [3.05, 3.63) is 0 Å². The number of nitrogens with one attached hydrogen (secondary N) is 1. The highest BCUT2D eigenvalue weighted by molar-refractivity contribution is 6.51. The normalized spacial score (nSPS) is 35.2. The SMILES string of the molecule is CC1(C)NC(=O)N(CC2(C)CC2(Cl)Cl)C1=O. The second-order valence-electron chi connectivity index (χ2n) is 5.39. The number of imide groups is 1. The molecule has 0 radical (unpaired) electrons. The number of urea groups is 1. The Morgan fingerprint density at radius 2 is 1.81 bits per heavy atom. The third-order valence-corrected chi connectivity index (χ3v) is 4.50. The molecule has 0 aromatic rings. The van der Waals surface area contributed by atoms with Crippen LogP contribution in [0.15, 0.2) is 0 Å². The molecule has 1 atom stereocenters. The van der Waals surface area contributed by atoms with Crippen LogP contribution in [0, 0.1) is 5.41 Å². The molecule has 2 rings (SSSR count). The molecule has 1 heterocycles. The molecule has 0 aromatic heterocycles. The van der Waals surface area contributed by atoms with E-state index in [2.05, 4.69) is 5.32 Å². The van der Waals surface area contributed by atoms with Crippen molar-refractivity contribution < 1.29 is 9.59 Å². The van der Waals surface area contributed by atoms with Crippen molar-refractivity contribution in [3.8, 4) is 0 Å². The first-order valence-corrected chi connectivity index (χ1v) is 5.87. The summed E-state index contributed by atoms with van der Waals surface area (Å²) >= 11 is 12.0. The molecule has 0 spiro atoms. The Kier molecular flexibility index (Phi) is 2.28. The van der Waals surface area contributed by atoms with Crippen LogP contribution in [0.5, 0.6) is 0 Å². The molecule has 1 aliphatic carbocycles. The van der Waals surface area contributed by atoms with Crippen LogP contribution in [-0.4, -0.2) is 33.3 Å². The van der Waals surface area contributed by atoms with Gasteiger partial charge in [0.25, 0.3) is 5.91 Å². The van der Waals surface area contributed by atoms with E-state index in [0.717, 1.165) is 0 Å². The molecule has 90 valence electrons. The van der Waals surface area contributed by atoms with Crippen LogP contribution in [-0.2, 0) is 4.79 Å². The van der Waals surface area contributed by atoms with Gasteiger partial charge in [-0.1, -0.05) is 6.92 Å². The molecule has 3 amide bonds. The van der Waals surface area contributed by atoms with Crippen LogP contribution < -0.4 is 5.32 Å². The van der Waals surface area contributed by atoms with Gasteiger partial charge >= 0.3 is 6.03 Å². The Labute approximate surface area is 104 Å². The molecule has 2 aliphatic rings. The van der Waals surface area contributed by atoms with Crippen LogP contribution in [0.3, 0.4) is 0 Å². The third-order valence-electron chi connectivity index (χ3n) is 3.32. The Morgan fingerprint density at radius 1 is 1.31 bits per heavy atom. The number of nitrogens with zero attached hydrogens (tertiary/aromatic N) is 1. The maximum Gasteiger partial charge on any atom is 0.325 e. The molecule has 4 nitrogen and oxygen atoms in total. The average molecular weight is 265 g/mol. The van der Waals surface area contributed by atoms with Crippen LogP contribution in [0.25, 0.3) is 0 Å². The first-order chi connectivity index (χ1) is 7.09. The van der Waals surface area contributed by atoms with Crippen LogP contribution in [0.4, 0.5) is 4.79 Å². The van der Waals surface area contributed by atoms with E-state index in [1.54, 1.807) is 13.8 Å². The summed E-state index contributed by atoms with van der Waals surface area (Å²) in [6, 6.07) is -0.368. The molecule has 1 saturated heterocycles.